The molecule has 1 atom stereocenters. The zero-order chi connectivity index (χ0) is 10.7. The highest BCUT2D eigenvalue weighted by molar-refractivity contribution is 6.31. The van der Waals surface area contributed by atoms with Gasteiger partial charge in [0.15, 0.2) is 5.82 Å². The van der Waals surface area contributed by atoms with Crippen LogP contribution in [0.3, 0.4) is 0 Å². The van der Waals surface area contributed by atoms with E-state index in [1.807, 2.05) is 0 Å². The van der Waals surface area contributed by atoms with Crippen LogP contribution in [0.15, 0.2) is 18.2 Å². The minimum atomic E-state index is -0.762. The Kier molecular flexibility index (Phi) is 3.61. The van der Waals surface area contributed by atoms with Crippen molar-refractivity contribution in [1.29, 1.82) is 0 Å². The molecule has 0 bridgehead atoms. The van der Waals surface area contributed by atoms with Crippen LogP contribution in [0.25, 0.3) is 6.08 Å². The Balaban J connectivity index is 3.06. The fourth-order valence-corrected chi connectivity index (χ4v) is 1.10. The molecule has 4 heteroatoms. The number of rotatable bonds is 2. The maximum absolute atomic E-state index is 13.2. The third-order valence-corrected chi connectivity index (χ3v) is 1.99. The number of hydrogen-bond donors (Lipinski definition) is 1. The molecule has 0 aliphatic rings. The molecule has 14 heavy (non-hydrogen) atoms. The average molecular weight is 218 g/mol. The van der Waals surface area contributed by atoms with Gasteiger partial charge >= 0.3 is 0 Å². The highest BCUT2D eigenvalue weighted by Gasteiger charge is 2.09. The summed E-state index contributed by atoms with van der Waals surface area (Å²) >= 11 is 5.38. The number of hydrogen-bond acceptors (Lipinski definition) is 1. The molecule has 0 aliphatic heterocycles. The molecule has 0 radical (unpaired) electrons. The lowest BCUT2D eigenvalue weighted by atomic mass is 10.1. The highest BCUT2D eigenvalue weighted by Crippen LogP contribution is 2.22. The van der Waals surface area contributed by atoms with E-state index in [1.54, 1.807) is 13.0 Å². The van der Waals surface area contributed by atoms with Gasteiger partial charge in [0.2, 0.25) is 0 Å². The van der Waals surface area contributed by atoms with Crippen LogP contribution in [-0.4, -0.2) is 6.04 Å². The molecule has 2 N–H and O–H groups in total. The van der Waals surface area contributed by atoms with Gasteiger partial charge in [-0.25, -0.2) is 8.78 Å². The Bertz CT molecular complexity index is 361. The number of halogens is 3. The quantitative estimate of drug-likeness (QED) is 0.758. The zero-order valence-electron chi connectivity index (χ0n) is 7.60. The van der Waals surface area contributed by atoms with Gasteiger partial charge in [0.05, 0.1) is 0 Å². The predicted octanol–water partition coefficient (Wildman–Crippen LogP) is 2.98. The first-order valence-corrected chi connectivity index (χ1v) is 4.47. The van der Waals surface area contributed by atoms with E-state index in [-0.39, 0.29) is 11.6 Å². The molecule has 1 nitrogen and oxygen atoms in total. The van der Waals surface area contributed by atoms with Crippen molar-refractivity contribution in [2.75, 3.05) is 0 Å². The topological polar surface area (TPSA) is 26.0 Å². The molecule has 0 aliphatic carbocycles. The van der Waals surface area contributed by atoms with Gasteiger partial charge in [-0.3, -0.25) is 0 Å². The molecule has 0 heterocycles. The Morgan fingerprint density at radius 2 is 2.07 bits per heavy atom. The van der Waals surface area contributed by atoms with Crippen molar-refractivity contribution >= 4 is 17.7 Å². The first kappa shape index (κ1) is 11.1. The standard InChI is InChI=1S/C10H10ClF2N/c1-6(14)2-3-7-4-5-8(12)9(11)10(7)13/h2-6H,14H2,1H3/b3-2+. The van der Waals surface area contributed by atoms with Crippen LogP contribution in [0.1, 0.15) is 12.5 Å². The summed E-state index contributed by atoms with van der Waals surface area (Å²) < 4.78 is 26.0. The Morgan fingerprint density at radius 1 is 1.43 bits per heavy atom. The monoisotopic (exact) mass is 217 g/mol. The van der Waals surface area contributed by atoms with Crippen LogP contribution in [-0.2, 0) is 0 Å². The van der Waals surface area contributed by atoms with Gasteiger partial charge in [0, 0.05) is 11.6 Å². The van der Waals surface area contributed by atoms with E-state index in [0.29, 0.717) is 0 Å². The molecular formula is C10H10ClF2N. The van der Waals surface area contributed by atoms with Crippen molar-refractivity contribution in [2.45, 2.75) is 13.0 Å². The Labute approximate surface area is 86.2 Å². The van der Waals surface area contributed by atoms with Crippen LogP contribution < -0.4 is 5.73 Å². The SMILES string of the molecule is CC(N)/C=C/c1ccc(F)c(Cl)c1F. The van der Waals surface area contributed by atoms with Crippen molar-refractivity contribution in [3.05, 3.63) is 40.4 Å². The van der Waals surface area contributed by atoms with E-state index in [0.717, 1.165) is 6.07 Å². The molecule has 0 fully saturated rings. The lowest BCUT2D eigenvalue weighted by Gasteiger charge is -2.01. The van der Waals surface area contributed by atoms with Gasteiger partial charge in [-0.15, -0.1) is 0 Å². The number of nitrogens with two attached hydrogens (primary N) is 1. The molecule has 1 unspecified atom stereocenters. The first-order valence-electron chi connectivity index (χ1n) is 4.09. The summed E-state index contributed by atoms with van der Waals surface area (Å²) in [5.41, 5.74) is 5.67. The fraction of sp³-hybridized carbons (Fsp3) is 0.200. The van der Waals surface area contributed by atoms with E-state index >= 15 is 0 Å². The smallest absolute Gasteiger partial charge is 0.151 e. The van der Waals surface area contributed by atoms with Crippen molar-refractivity contribution in [3.8, 4) is 0 Å². The zero-order valence-corrected chi connectivity index (χ0v) is 8.35. The van der Waals surface area contributed by atoms with Crippen molar-refractivity contribution < 1.29 is 8.78 Å². The molecule has 1 rings (SSSR count). The molecule has 0 amide bonds. The van der Waals surface area contributed by atoms with E-state index in [1.165, 1.54) is 12.1 Å². The summed E-state index contributed by atoms with van der Waals surface area (Å²) in [5, 5.41) is -0.489. The second-order valence-corrected chi connectivity index (χ2v) is 3.36. The van der Waals surface area contributed by atoms with Gasteiger partial charge in [-0.05, 0) is 19.1 Å². The molecular weight excluding hydrogens is 208 g/mol. The summed E-state index contributed by atoms with van der Waals surface area (Å²) in [4.78, 5) is 0. The van der Waals surface area contributed by atoms with Gasteiger partial charge in [-0.2, -0.15) is 0 Å². The summed E-state index contributed by atoms with van der Waals surface area (Å²) in [5.74, 6) is -1.52. The first-order chi connectivity index (χ1) is 6.52. The highest BCUT2D eigenvalue weighted by atomic mass is 35.5. The third-order valence-electron chi connectivity index (χ3n) is 1.64. The lowest BCUT2D eigenvalue weighted by Crippen LogP contribution is -2.10. The average Bonchev–Trinajstić information content (AvgIpc) is 2.13. The normalized spacial score (nSPS) is 13.5. The molecule has 0 saturated carbocycles. The number of benzene rings is 1. The molecule has 1 aromatic rings. The van der Waals surface area contributed by atoms with Crippen LogP contribution in [0.2, 0.25) is 5.02 Å². The predicted molar refractivity (Wildman–Crippen MR) is 54.1 cm³/mol. The molecule has 1 aromatic carbocycles. The largest absolute Gasteiger partial charge is 0.325 e. The Morgan fingerprint density at radius 3 is 2.64 bits per heavy atom. The van der Waals surface area contributed by atoms with Crippen molar-refractivity contribution in [2.24, 2.45) is 5.73 Å². The molecule has 0 saturated heterocycles. The summed E-state index contributed by atoms with van der Waals surface area (Å²) in [7, 11) is 0. The minimum absolute atomic E-state index is 0.182. The molecule has 76 valence electrons. The van der Waals surface area contributed by atoms with Gasteiger partial charge in [0.25, 0.3) is 0 Å². The summed E-state index contributed by atoms with van der Waals surface area (Å²) in [6.45, 7) is 1.75. The van der Waals surface area contributed by atoms with Gasteiger partial charge < -0.3 is 5.73 Å². The van der Waals surface area contributed by atoms with Crippen molar-refractivity contribution in [3.63, 3.8) is 0 Å². The second kappa shape index (κ2) is 4.53. The van der Waals surface area contributed by atoms with Crippen molar-refractivity contribution in [1.82, 2.24) is 0 Å². The fourth-order valence-electron chi connectivity index (χ4n) is 0.925. The van der Waals surface area contributed by atoms with E-state index in [2.05, 4.69) is 0 Å². The minimum Gasteiger partial charge on any atom is -0.325 e. The maximum atomic E-state index is 13.2. The van der Waals surface area contributed by atoms with E-state index in [4.69, 9.17) is 17.3 Å². The third kappa shape index (κ3) is 2.53. The summed E-state index contributed by atoms with van der Waals surface area (Å²) in [6.07, 6.45) is 3.08. The van der Waals surface area contributed by atoms with E-state index in [9.17, 15) is 8.78 Å². The Hall–Kier alpha value is -0.930. The van der Waals surface area contributed by atoms with E-state index < -0.39 is 16.7 Å². The van der Waals surface area contributed by atoms with Gasteiger partial charge in [0.1, 0.15) is 10.8 Å². The molecule has 0 aromatic heterocycles. The summed E-state index contributed by atoms with van der Waals surface area (Å²) in [6, 6.07) is 2.25. The second-order valence-electron chi connectivity index (χ2n) is 2.98. The maximum Gasteiger partial charge on any atom is 0.151 e. The van der Waals surface area contributed by atoms with Gasteiger partial charge in [-0.1, -0.05) is 23.8 Å². The molecule has 0 spiro atoms. The van der Waals surface area contributed by atoms with Crippen LogP contribution in [0.5, 0.6) is 0 Å². The van der Waals surface area contributed by atoms with Crippen LogP contribution >= 0.6 is 11.6 Å². The van der Waals surface area contributed by atoms with Crippen LogP contribution in [0.4, 0.5) is 8.78 Å². The lowest BCUT2D eigenvalue weighted by molar-refractivity contribution is 0.582. The van der Waals surface area contributed by atoms with Crippen LogP contribution in [0, 0.1) is 11.6 Å².